The van der Waals surface area contributed by atoms with Gasteiger partial charge in [0.1, 0.15) is 0 Å². The van der Waals surface area contributed by atoms with Crippen molar-refractivity contribution in [2.24, 2.45) is 0 Å². The molecule has 1 radical (unpaired) electrons. The first-order valence-corrected chi connectivity index (χ1v) is 4.59. The van der Waals surface area contributed by atoms with Crippen LogP contribution in [0.3, 0.4) is 0 Å². The highest BCUT2D eigenvalue weighted by Crippen LogP contribution is 2.08. The van der Waals surface area contributed by atoms with Crippen LogP contribution in [0, 0.1) is 28.7 Å². The molecule has 0 saturated carbocycles. The summed E-state index contributed by atoms with van der Waals surface area (Å²) in [6.07, 6.45) is 2.62. The van der Waals surface area contributed by atoms with E-state index in [1.807, 2.05) is 18.2 Å². The fourth-order valence-electron chi connectivity index (χ4n) is 1.27. The largest absolute Gasteiger partial charge is 0.198 e. The van der Waals surface area contributed by atoms with Crippen LogP contribution in [0.25, 0.3) is 0 Å². The van der Waals surface area contributed by atoms with Crippen LogP contribution in [-0.4, -0.2) is 0 Å². The maximum atomic E-state index is 8.44. The summed E-state index contributed by atoms with van der Waals surface area (Å²) in [4.78, 5) is 0. The van der Waals surface area contributed by atoms with E-state index in [0.29, 0.717) is 12.8 Å². The van der Waals surface area contributed by atoms with Gasteiger partial charge in [0.2, 0.25) is 0 Å². The molecule has 0 bridgehead atoms. The molecule has 1 rings (SSSR count). The maximum absolute atomic E-state index is 8.44. The molecule has 0 saturated heterocycles. The van der Waals surface area contributed by atoms with Crippen molar-refractivity contribution in [3.63, 3.8) is 0 Å². The second kappa shape index (κ2) is 5.78. The Hall–Kier alpha value is -1.80. The first-order valence-electron chi connectivity index (χ1n) is 4.59. The Morgan fingerprint density at radius 3 is 1.93 bits per heavy atom. The van der Waals surface area contributed by atoms with Gasteiger partial charge in [0.05, 0.1) is 12.1 Å². The van der Waals surface area contributed by atoms with Crippen molar-refractivity contribution in [3.8, 4) is 12.1 Å². The van der Waals surface area contributed by atoms with Crippen molar-refractivity contribution in [2.75, 3.05) is 0 Å². The minimum atomic E-state index is 0.537. The van der Waals surface area contributed by atoms with Crippen molar-refractivity contribution in [1.82, 2.24) is 0 Å². The molecule has 0 aliphatic carbocycles. The van der Waals surface area contributed by atoms with Gasteiger partial charge in [-0.15, -0.1) is 0 Å². The predicted molar refractivity (Wildman–Crippen MR) is 53.1 cm³/mol. The van der Waals surface area contributed by atoms with E-state index in [1.54, 1.807) is 0 Å². The molecule has 0 fully saturated rings. The van der Waals surface area contributed by atoms with Gasteiger partial charge in [-0.25, -0.2) is 0 Å². The van der Waals surface area contributed by atoms with Crippen molar-refractivity contribution in [1.29, 1.82) is 10.5 Å². The molecule has 0 aliphatic rings. The summed E-state index contributed by atoms with van der Waals surface area (Å²) < 4.78 is 0. The molecule has 0 spiro atoms. The maximum Gasteiger partial charge on any atom is 0.0625 e. The van der Waals surface area contributed by atoms with Crippen molar-refractivity contribution >= 4 is 0 Å². The van der Waals surface area contributed by atoms with Crippen molar-refractivity contribution in [3.05, 3.63) is 35.4 Å². The van der Waals surface area contributed by atoms with Gasteiger partial charge < -0.3 is 0 Å². The number of nitrogens with zero attached hydrogens (tertiary/aromatic N) is 2. The van der Waals surface area contributed by atoms with Crippen LogP contribution in [0.15, 0.2) is 18.2 Å². The summed E-state index contributed by atoms with van der Waals surface area (Å²) in [5.41, 5.74) is 2.25. The third kappa shape index (κ3) is 3.29. The van der Waals surface area contributed by atoms with E-state index in [1.165, 1.54) is 0 Å². The highest BCUT2D eigenvalue weighted by atomic mass is 14.2. The van der Waals surface area contributed by atoms with Crippen molar-refractivity contribution < 1.29 is 0 Å². The van der Waals surface area contributed by atoms with E-state index in [2.05, 4.69) is 18.2 Å². The second-order valence-corrected chi connectivity index (χ2v) is 3.07. The number of hydrogen-bond donors (Lipinski definition) is 0. The first-order chi connectivity index (χ1) is 6.86. The lowest BCUT2D eigenvalue weighted by atomic mass is 10.0. The predicted octanol–water partition coefficient (Wildman–Crippen LogP) is 2.40. The van der Waals surface area contributed by atoms with Crippen LogP contribution >= 0.6 is 0 Å². The zero-order valence-corrected chi connectivity index (χ0v) is 7.95. The Morgan fingerprint density at radius 1 is 1.00 bits per heavy atom. The minimum Gasteiger partial charge on any atom is -0.198 e. The zero-order chi connectivity index (χ0) is 10.2. The molecule has 0 heterocycles. The third-order valence-corrected chi connectivity index (χ3v) is 1.96. The number of aryl methyl sites for hydroxylation is 2. The molecule has 1 aromatic rings. The SMILES string of the molecule is N#CCCc1c[c]cc(CCC#N)c1. The van der Waals surface area contributed by atoms with Crippen LogP contribution < -0.4 is 0 Å². The van der Waals surface area contributed by atoms with Gasteiger partial charge in [-0.3, -0.25) is 0 Å². The fourth-order valence-corrected chi connectivity index (χ4v) is 1.27. The lowest BCUT2D eigenvalue weighted by molar-refractivity contribution is 0.975. The van der Waals surface area contributed by atoms with Gasteiger partial charge in [0, 0.05) is 12.8 Å². The summed E-state index contributed by atoms with van der Waals surface area (Å²) >= 11 is 0. The lowest BCUT2D eigenvalue weighted by Crippen LogP contribution is -1.88. The Kier molecular flexibility index (Phi) is 4.24. The normalized spacial score (nSPS) is 9.00. The van der Waals surface area contributed by atoms with Crippen LogP contribution in [0.2, 0.25) is 0 Å². The van der Waals surface area contributed by atoms with Gasteiger partial charge in [0.15, 0.2) is 0 Å². The molecule has 0 aromatic heterocycles. The van der Waals surface area contributed by atoms with E-state index < -0.39 is 0 Å². The average Bonchev–Trinajstić information content (AvgIpc) is 2.24. The topological polar surface area (TPSA) is 47.6 Å². The molecule has 0 atom stereocenters. The highest BCUT2D eigenvalue weighted by molar-refractivity contribution is 5.23. The molecule has 0 aliphatic heterocycles. The number of hydrogen-bond acceptors (Lipinski definition) is 2. The lowest BCUT2D eigenvalue weighted by Gasteiger charge is -2.00. The quantitative estimate of drug-likeness (QED) is 0.719. The van der Waals surface area contributed by atoms with Crippen LogP contribution in [0.4, 0.5) is 0 Å². The monoisotopic (exact) mass is 183 g/mol. The molecule has 0 unspecified atom stereocenters. The first kappa shape index (κ1) is 10.3. The van der Waals surface area contributed by atoms with E-state index in [-0.39, 0.29) is 0 Å². The summed E-state index contributed by atoms with van der Waals surface area (Å²) in [5, 5.41) is 16.9. The van der Waals surface area contributed by atoms with Gasteiger partial charge in [-0.2, -0.15) is 10.5 Å². The van der Waals surface area contributed by atoms with Gasteiger partial charge in [-0.05, 0) is 30.0 Å². The molecular formula is C12H11N2. The molecular weight excluding hydrogens is 172 g/mol. The van der Waals surface area contributed by atoms with E-state index in [9.17, 15) is 0 Å². The van der Waals surface area contributed by atoms with Crippen LogP contribution in [-0.2, 0) is 12.8 Å². The number of benzene rings is 1. The molecule has 1 aromatic carbocycles. The van der Waals surface area contributed by atoms with Gasteiger partial charge in [-0.1, -0.05) is 18.2 Å². The Balaban J connectivity index is 2.61. The molecule has 14 heavy (non-hydrogen) atoms. The summed E-state index contributed by atoms with van der Waals surface area (Å²) in [7, 11) is 0. The van der Waals surface area contributed by atoms with Crippen LogP contribution in [0.5, 0.6) is 0 Å². The van der Waals surface area contributed by atoms with Crippen LogP contribution in [0.1, 0.15) is 24.0 Å². The Morgan fingerprint density at radius 2 is 1.50 bits per heavy atom. The van der Waals surface area contributed by atoms with Crippen molar-refractivity contribution in [2.45, 2.75) is 25.7 Å². The number of rotatable bonds is 4. The Labute approximate surface area is 84.4 Å². The van der Waals surface area contributed by atoms with Gasteiger partial charge in [0.25, 0.3) is 0 Å². The third-order valence-electron chi connectivity index (χ3n) is 1.96. The average molecular weight is 183 g/mol. The molecule has 69 valence electrons. The smallest absolute Gasteiger partial charge is 0.0625 e. The summed E-state index contributed by atoms with van der Waals surface area (Å²) in [6, 6.07) is 13.1. The molecule has 0 N–H and O–H groups in total. The molecule has 2 nitrogen and oxygen atoms in total. The summed E-state index contributed by atoms with van der Waals surface area (Å²) in [6.45, 7) is 0. The van der Waals surface area contributed by atoms with Gasteiger partial charge >= 0.3 is 0 Å². The zero-order valence-electron chi connectivity index (χ0n) is 7.95. The van der Waals surface area contributed by atoms with E-state index in [4.69, 9.17) is 10.5 Å². The standard InChI is InChI=1S/C12H11N2/c13-8-2-6-11-4-1-5-12(10-11)7-3-9-14/h4-5,10H,2-3,6-7H2. The minimum absolute atomic E-state index is 0.537. The van der Waals surface area contributed by atoms with E-state index in [0.717, 1.165) is 24.0 Å². The molecule has 0 amide bonds. The number of nitriles is 2. The fraction of sp³-hybridized carbons (Fsp3) is 0.333. The second-order valence-electron chi connectivity index (χ2n) is 3.07. The Bertz CT molecular complexity index is 335. The molecule has 2 heteroatoms. The summed E-state index contributed by atoms with van der Waals surface area (Å²) in [5.74, 6) is 0. The highest BCUT2D eigenvalue weighted by Gasteiger charge is 1.96. The van der Waals surface area contributed by atoms with E-state index >= 15 is 0 Å².